The number of nitrogens with zero attached hydrogens (tertiary/aromatic N) is 1. The molecule has 0 aliphatic carbocycles. The third-order valence-corrected chi connectivity index (χ3v) is 6.01. The Morgan fingerprint density at radius 2 is 1.68 bits per heavy atom. The van der Waals surface area contributed by atoms with E-state index in [1.54, 1.807) is 72.8 Å². The largest absolute Gasteiger partial charge is 0.507 e. The van der Waals surface area contributed by atoms with Crippen LogP contribution in [0.4, 0.5) is 11.4 Å². The molecular weight excluding hydrogens is 484 g/mol. The normalized spacial score (nSPS) is 16.6. The van der Waals surface area contributed by atoms with Crippen molar-refractivity contribution in [2.45, 2.75) is 26.8 Å². The number of anilines is 2. The zero-order chi connectivity index (χ0) is 27.4. The molecule has 0 spiro atoms. The highest BCUT2D eigenvalue weighted by Crippen LogP contribution is 2.43. The monoisotopic (exact) mass is 514 g/mol. The van der Waals surface area contributed by atoms with E-state index in [-0.39, 0.29) is 17.2 Å². The molecule has 1 saturated heterocycles. The van der Waals surface area contributed by atoms with Crippen LogP contribution in [-0.4, -0.2) is 36.4 Å². The summed E-state index contributed by atoms with van der Waals surface area (Å²) < 4.78 is 11.2. The number of benzene rings is 3. The number of aliphatic hydroxyl groups is 1. The average Bonchev–Trinajstić information content (AvgIpc) is 3.17. The van der Waals surface area contributed by atoms with Crippen LogP contribution in [0.5, 0.6) is 11.5 Å². The maximum Gasteiger partial charge on any atom is 0.300 e. The number of carbonyl (C=O) groups excluding carboxylic acids is 3. The third-order valence-electron chi connectivity index (χ3n) is 6.01. The summed E-state index contributed by atoms with van der Waals surface area (Å²) in [5.74, 6) is -0.726. The first-order valence-corrected chi connectivity index (χ1v) is 12.3. The van der Waals surface area contributed by atoms with Gasteiger partial charge in [0.25, 0.3) is 11.7 Å². The SMILES string of the molecule is COc1cccc(C2/C(=C(/O)c3cccc(OCC(C)C)c3)C(=O)C(=O)N2c2ccc(NC(C)=O)cc2)c1. The van der Waals surface area contributed by atoms with Gasteiger partial charge in [0.15, 0.2) is 0 Å². The van der Waals surface area contributed by atoms with Crippen LogP contribution in [0, 0.1) is 5.92 Å². The van der Waals surface area contributed by atoms with Gasteiger partial charge in [-0.05, 0) is 60.0 Å². The van der Waals surface area contributed by atoms with Crippen LogP contribution in [0.15, 0.2) is 78.4 Å². The summed E-state index contributed by atoms with van der Waals surface area (Å²) in [5, 5.41) is 14.1. The molecule has 4 rings (SSSR count). The minimum absolute atomic E-state index is 0.0461. The highest BCUT2D eigenvalue weighted by atomic mass is 16.5. The molecule has 0 saturated carbocycles. The number of Topliss-reactive ketones (excluding diaryl/α,β-unsaturated/α-hetero) is 1. The van der Waals surface area contributed by atoms with Gasteiger partial charge < -0.3 is 19.9 Å². The number of nitrogens with one attached hydrogen (secondary N) is 1. The number of hydrogen-bond acceptors (Lipinski definition) is 6. The van der Waals surface area contributed by atoms with Crippen molar-refractivity contribution in [3.8, 4) is 11.5 Å². The van der Waals surface area contributed by atoms with Gasteiger partial charge in [0.2, 0.25) is 5.91 Å². The van der Waals surface area contributed by atoms with Crippen molar-refractivity contribution in [3.63, 3.8) is 0 Å². The Morgan fingerprint density at radius 3 is 2.34 bits per heavy atom. The van der Waals surface area contributed by atoms with E-state index in [0.29, 0.717) is 46.5 Å². The summed E-state index contributed by atoms with van der Waals surface area (Å²) in [5.41, 5.74) is 1.88. The third kappa shape index (κ3) is 5.54. The van der Waals surface area contributed by atoms with Gasteiger partial charge in [-0.15, -0.1) is 0 Å². The van der Waals surface area contributed by atoms with Crippen LogP contribution < -0.4 is 19.7 Å². The Balaban J connectivity index is 1.84. The Labute approximate surface area is 221 Å². The smallest absolute Gasteiger partial charge is 0.300 e. The molecule has 1 aliphatic rings. The standard InChI is InChI=1S/C30H30N2O6/c1-18(2)17-38-25-10-6-8-21(16-25)28(34)26-27(20-7-5-9-24(15-20)37-4)32(30(36)29(26)35)23-13-11-22(12-14-23)31-19(3)33/h5-16,18,27,34H,17H2,1-4H3,(H,31,33)/b28-26-. The molecule has 3 aromatic carbocycles. The lowest BCUT2D eigenvalue weighted by Crippen LogP contribution is -2.29. The molecule has 0 bridgehead atoms. The first-order chi connectivity index (χ1) is 18.2. The van der Waals surface area contributed by atoms with Crippen molar-refractivity contribution >= 4 is 34.7 Å². The molecule has 0 radical (unpaired) electrons. The summed E-state index contributed by atoms with van der Waals surface area (Å²) >= 11 is 0. The van der Waals surface area contributed by atoms with E-state index in [1.165, 1.54) is 18.9 Å². The van der Waals surface area contributed by atoms with Crippen LogP contribution in [0.2, 0.25) is 0 Å². The molecule has 0 aromatic heterocycles. The molecule has 2 N–H and O–H groups in total. The van der Waals surface area contributed by atoms with Gasteiger partial charge in [-0.1, -0.05) is 38.1 Å². The molecule has 196 valence electrons. The average molecular weight is 515 g/mol. The predicted octanol–water partition coefficient (Wildman–Crippen LogP) is 5.31. The second-order valence-corrected chi connectivity index (χ2v) is 9.41. The molecule has 1 aliphatic heterocycles. The van der Waals surface area contributed by atoms with Gasteiger partial charge in [-0.2, -0.15) is 0 Å². The summed E-state index contributed by atoms with van der Waals surface area (Å²) in [6, 6.07) is 19.5. The molecule has 8 heteroatoms. The fourth-order valence-corrected chi connectivity index (χ4v) is 4.29. The molecule has 1 fully saturated rings. The number of ketones is 1. The van der Waals surface area contributed by atoms with Crippen molar-refractivity contribution in [2.24, 2.45) is 5.92 Å². The molecule has 1 unspecified atom stereocenters. The Morgan fingerprint density at radius 1 is 1.00 bits per heavy atom. The topological polar surface area (TPSA) is 105 Å². The van der Waals surface area contributed by atoms with Gasteiger partial charge in [-0.3, -0.25) is 19.3 Å². The zero-order valence-electron chi connectivity index (χ0n) is 21.7. The number of ether oxygens (including phenoxy) is 2. The molecule has 1 atom stereocenters. The Bertz CT molecular complexity index is 1390. The van der Waals surface area contributed by atoms with E-state index in [1.807, 2.05) is 13.8 Å². The van der Waals surface area contributed by atoms with Gasteiger partial charge in [0.05, 0.1) is 25.3 Å². The van der Waals surface area contributed by atoms with E-state index in [4.69, 9.17) is 9.47 Å². The van der Waals surface area contributed by atoms with E-state index in [9.17, 15) is 19.5 Å². The maximum absolute atomic E-state index is 13.4. The van der Waals surface area contributed by atoms with Crippen LogP contribution in [0.3, 0.4) is 0 Å². The first-order valence-electron chi connectivity index (χ1n) is 12.3. The second-order valence-electron chi connectivity index (χ2n) is 9.41. The zero-order valence-corrected chi connectivity index (χ0v) is 21.7. The fraction of sp³-hybridized carbons (Fsp3) is 0.233. The first kappa shape index (κ1) is 26.5. The van der Waals surface area contributed by atoms with Crippen molar-refractivity contribution in [1.82, 2.24) is 0 Å². The maximum atomic E-state index is 13.4. The van der Waals surface area contributed by atoms with Crippen LogP contribution in [0.1, 0.15) is 37.9 Å². The minimum atomic E-state index is -0.919. The summed E-state index contributed by atoms with van der Waals surface area (Å²) in [6.45, 7) is 5.95. The van der Waals surface area contributed by atoms with E-state index in [0.717, 1.165) is 0 Å². The van der Waals surface area contributed by atoms with E-state index < -0.39 is 17.7 Å². The van der Waals surface area contributed by atoms with Crippen LogP contribution in [0.25, 0.3) is 5.76 Å². The number of methoxy groups -OCH3 is 1. The highest BCUT2D eigenvalue weighted by molar-refractivity contribution is 6.51. The molecule has 3 aromatic rings. The van der Waals surface area contributed by atoms with E-state index >= 15 is 0 Å². The predicted molar refractivity (Wildman–Crippen MR) is 145 cm³/mol. The Hall–Kier alpha value is -4.59. The van der Waals surface area contributed by atoms with Crippen LogP contribution >= 0.6 is 0 Å². The summed E-state index contributed by atoms with van der Waals surface area (Å²) in [4.78, 5) is 39.6. The lowest BCUT2D eigenvalue weighted by Gasteiger charge is -2.26. The molecular formula is C30H30N2O6. The Kier molecular flexibility index (Phi) is 7.81. The number of carbonyl (C=O) groups is 3. The minimum Gasteiger partial charge on any atom is -0.507 e. The molecule has 2 amide bonds. The number of rotatable bonds is 8. The second kappa shape index (κ2) is 11.2. The van der Waals surface area contributed by atoms with Gasteiger partial charge in [-0.25, -0.2) is 0 Å². The molecule has 1 heterocycles. The van der Waals surface area contributed by atoms with Gasteiger partial charge in [0, 0.05) is 23.9 Å². The van der Waals surface area contributed by atoms with Crippen LogP contribution in [-0.2, 0) is 14.4 Å². The van der Waals surface area contributed by atoms with Crippen molar-refractivity contribution in [2.75, 3.05) is 23.9 Å². The highest BCUT2D eigenvalue weighted by Gasteiger charge is 2.47. The summed E-state index contributed by atoms with van der Waals surface area (Å²) in [7, 11) is 1.53. The fourth-order valence-electron chi connectivity index (χ4n) is 4.29. The quantitative estimate of drug-likeness (QED) is 0.240. The van der Waals surface area contributed by atoms with Crippen molar-refractivity contribution < 1.29 is 29.0 Å². The lowest BCUT2D eigenvalue weighted by atomic mass is 9.95. The van der Waals surface area contributed by atoms with Crippen molar-refractivity contribution in [3.05, 3.63) is 89.5 Å². The molecule has 38 heavy (non-hydrogen) atoms. The number of hydrogen-bond donors (Lipinski definition) is 2. The van der Waals surface area contributed by atoms with E-state index in [2.05, 4.69) is 5.32 Å². The lowest BCUT2D eigenvalue weighted by molar-refractivity contribution is -0.132. The molecule has 8 nitrogen and oxygen atoms in total. The number of aliphatic hydroxyl groups excluding tert-OH is 1. The van der Waals surface area contributed by atoms with Gasteiger partial charge in [0.1, 0.15) is 17.3 Å². The number of amides is 2. The summed E-state index contributed by atoms with van der Waals surface area (Å²) in [6.07, 6.45) is 0. The van der Waals surface area contributed by atoms with Gasteiger partial charge >= 0.3 is 0 Å². The van der Waals surface area contributed by atoms with Crippen molar-refractivity contribution in [1.29, 1.82) is 0 Å².